The van der Waals surface area contributed by atoms with Crippen LogP contribution >= 0.6 is 0 Å². The second-order valence-corrected chi connectivity index (χ2v) is 5.71. The van der Waals surface area contributed by atoms with Gasteiger partial charge >= 0.3 is 0 Å². The van der Waals surface area contributed by atoms with Gasteiger partial charge in [-0.3, -0.25) is 14.8 Å². The van der Waals surface area contributed by atoms with Crippen LogP contribution in [0.4, 0.5) is 0 Å². The van der Waals surface area contributed by atoms with Crippen LogP contribution in [0.2, 0.25) is 0 Å². The molecule has 0 saturated carbocycles. The molecule has 0 atom stereocenters. The van der Waals surface area contributed by atoms with E-state index in [4.69, 9.17) is 0 Å². The zero-order valence-electron chi connectivity index (χ0n) is 12.1. The van der Waals surface area contributed by atoms with Crippen molar-refractivity contribution in [2.45, 2.75) is 32.7 Å². The third-order valence-corrected chi connectivity index (χ3v) is 3.06. The molecule has 1 N–H and O–H groups in total. The fourth-order valence-corrected chi connectivity index (χ4v) is 1.82. The lowest BCUT2D eigenvalue weighted by molar-refractivity contribution is 0.0950. The van der Waals surface area contributed by atoms with Crippen molar-refractivity contribution >= 4 is 5.91 Å². The first-order chi connectivity index (χ1) is 9.47. The predicted molar refractivity (Wildman–Crippen MR) is 78.3 cm³/mol. The van der Waals surface area contributed by atoms with Crippen LogP contribution in [0, 0.1) is 0 Å². The molecule has 104 valence electrons. The number of hydrogen-bond acceptors (Lipinski definition) is 3. The van der Waals surface area contributed by atoms with Gasteiger partial charge in [0.05, 0.1) is 18.4 Å². The van der Waals surface area contributed by atoms with Crippen LogP contribution in [0.15, 0.2) is 42.9 Å². The normalized spacial score (nSPS) is 11.2. The van der Waals surface area contributed by atoms with Crippen molar-refractivity contribution in [2.75, 3.05) is 0 Å². The second-order valence-electron chi connectivity index (χ2n) is 5.71. The highest BCUT2D eigenvalue weighted by Crippen LogP contribution is 2.22. The summed E-state index contributed by atoms with van der Waals surface area (Å²) in [5, 5.41) is 2.83. The Morgan fingerprint density at radius 1 is 1.15 bits per heavy atom. The van der Waals surface area contributed by atoms with Gasteiger partial charge in [-0.15, -0.1) is 0 Å². The summed E-state index contributed by atoms with van der Waals surface area (Å²) in [7, 11) is 0. The minimum atomic E-state index is -0.101. The molecule has 1 amide bonds. The Hall–Kier alpha value is -2.23. The average Bonchev–Trinajstić information content (AvgIpc) is 2.45. The summed E-state index contributed by atoms with van der Waals surface area (Å²) < 4.78 is 0. The van der Waals surface area contributed by atoms with Gasteiger partial charge in [0.15, 0.2) is 0 Å². The summed E-state index contributed by atoms with van der Waals surface area (Å²) in [6.45, 7) is 6.83. The Balaban J connectivity index is 1.99. The van der Waals surface area contributed by atoms with Crippen molar-refractivity contribution in [3.8, 4) is 0 Å². The molecule has 2 rings (SSSR count). The zero-order chi connectivity index (χ0) is 14.6. The number of benzene rings is 1. The number of nitrogens with one attached hydrogen (secondary N) is 1. The van der Waals surface area contributed by atoms with Gasteiger partial charge in [0.1, 0.15) is 0 Å². The molecule has 1 aromatic heterocycles. The van der Waals surface area contributed by atoms with Gasteiger partial charge in [-0.25, -0.2) is 0 Å². The smallest absolute Gasteiger partial charge is 0.251 e. The van der Waals surface area contributed by atoms with Gasteiger partial charge in [0.2, 0.25) is 0 Å². The molecule has 0 radical (unpaired) electrons. The Bertz CT molecular complexity index is 571. The number of amides is 1. The summed E-state index contributed by atoms with van der Waals surface area (Å²) >= 11 is 0. The van der Waals surface area contributed by atoms with E-state index in [-0.39, 0.29) is 11.3 Å². The Morgan fingerprint density at radius 3 is 2.40 bits per heavy atom. The zero-order valence-corrected chi connectivity index (χ0v) is 12.1. The standard InChI is InChI=1S/C16H19N3O/c1-16(2,3)13-6-4-12(5-7-13)15(20)19-11-14-10-17-8-9-18-14/h4-10H,11H2,1-3H3,(H,19,20). The molecule has 4 nitrogen and oxygen atoms in total. The molecular weight excluding hydrogens is 250 g/mol. The molecule has 0 aliphatic carbocycles. The van der Waals surface area contributed by atoms with E-state index in [0.29, 0.717) is 12.1 Å². The van der Waals surface area contributed by atoms with Crippen molar-refractivity contribution in [3.63, 3.8) is 0 Å². The summed E-state index contributed by atoms with van der Waals surface area (Å²) in [5.41, 5.74) is 2.70. The van der Waals surface area contributed by atoms with E-state index in [0.717, 1.165) is 5.69 Å². The number of aromatic nitrogens is 2. The molecule has 0 bridgehead atoms. The molecule has 0 aliphatic rings. The average molecular weight is 269 g/mol. The fourth-order valence-electron chi connectivity index (χ4n) is 1.82. The van der Waals surface area contributed by atoms with E-state index >= 15 is 0 Å². The van der Waals surface area contributed by atoms with E-state index in [1.807, 2.05) is 24.3 Å². The highest BCUT2D eigenvalue weighted by Gasteiger charge is 2.14. The third-order valence-electron chi connectivity index (χ3n) is 3.06. The van der Waals surface area contributed by atoms with Crippen molar-refractivity contribution in [1.82, 2.24) is 15.3 Å². The van der Waals surface area contributed by atoms with E-state index in [9.17, 15) is 4.79 Å². The number of carbonyl (C=O) groups is 1. The van der Waals surface area contributed by atoms with Crippen molar-refractivity contribution in [3.05, 3.63) is 59.7 Å². The number of rotatable bonds is 3. The summed E-state index contributed by atoms with van der Waals surface area (Å²) in [4.78, 5) is 20.1. The third kappa shape index (κ3) is 3.63. The van der Waals surface area contributed by atoms with Crippen LogP contribution < -0.4 is 5.32 Å². The SMILES string of the molecule is CC(C)(C)c1ccc(C(=O)NCc2cnccn2)cc1. The minimum Gasteiger partial charge on any atom is -0.346 e. The molecule has 0 saturated heterocycles. The topological polar surface area (TPSA) is 54.9 Å². The van der Waals surface area contributed by atoms with E-state index in [1.54, 1.807) is 18.6 Å². The fraction of sp³-hybridized carbons (Fsp3) is 0.312. The van der Waals surface area contributed by atoms with Crippen LogP contribution in [-0.2, 0) is 12.0 Å². The van der Waals surface area contributed by atoms with E-state index in [1.165, 1.54) is 5.56 Å². The molecular formula is C16H19N3O. The monoisotopic (exact) mass is 269 g/mol. The van der Waals surface area contributed by atoms with Crippen LogP contribution in [-0.4, -0.2) is 15.9 Å². The Labute approximate surface area is 119 Å². The van der Waals surface area contributed by atoms with Crippen LogP contribution in [0.3, 0.4) is 0 Å². The molecule has 20 heavy (non-hydrogen) atoms. The number of hydrogen-bond donors (Lipinski definition) is 1. The Kier molecular flexibility index (Phi) is 4.13. The molecule has 0 unspecified atom stereocenters. The lowest BCUT2D eigenvalue weighted by atomic mass is 9.87. The van der Waals surface area contributed by atoms with Gasteiger partial charge in [-0.05, 0) is 23.1 Å². The highest BCUT2D eigenvalue weighted by molar-refractivity contribution is 5.94. The van der Waals surface area contributed by atoms with Crippen molar-refractivity contribution in [1.29, 1.82) is 0 Å². The molecule has 1 aromatic carbocycles. The number of carbonyl (C=O) groups excluding carboxylic acids is 1. The largest absolute Gasteiger partial charge is 0.346 e. The van der Waals surface area contributed by atoms with E-state index < -0.39 is 0 Å². The minimum absolute atomic E-state index is 0.0919. The quantitative estimate of drug-likeness (QED) is 0.932. The summed E-state index contributed by atoms with van der Waals surface area (Å²) in [5.74, 6) is -0.101. The molecule has 0 aliphatic heterocycles. The molecule has 4 heteroatoms. The number of nitrogens with zero attached hydrogens (tertiary/aromatic N) is 2. The predicted octanol–water partition coefficient (Wildman–Crippen LogP) is 2.70. The second kappa shape index (κ2) is 5.82. The summed E-state index contributed by atoms with van der Waals surface area (Å²) in [6.07, 6.45) is 4.86. The van der Waals surface area contributed by atoms with Gasteiger partial charge < -0.3 is 5.32 Å². The maximum Gasteiger partial charge on any atom is 0.251 e. The van der Waals surface area contributed by atoms with Crippen LogP contribution in [0.5, 0.6) is 0 Å². The first-order valence-corrected chi connectivity index (χ1v) is 6.60. The van der Waals surface area contributed by atoms with Crippen LogP contribution in [0.1, 0.15) is 42.4 Å². The van der Waals surface area contributed by atoms with Gasteiger partial charge in [0, 0.05) is 18.0 Å². The van der Waals surface area contributed by atoms with Gasteiger partial charge in [-0.1, -0.05) is 32.9 Å². The lowest BCUT2D eigenvalue weighted by Crippen LogP contribution is -2.23. The van der Waals surface area contributed by atoms with Gasteiger partial charge in [-0.2, -0.15) is 0 Å². The lowest BCUT2D eigenvalue weighted by Gasteiger charge is -2.19. The highest BCUT2D eigenvalue weighted by atomic mass is 16.1. The molecule has 2 aromatic rings. The maximum atomic E-state index is 12.0. The van der Waals surface area contributed by atoms with Crippen molar-refractivity contribution in [2.24, 2.45) is 0 Å². The summed E-state index contributed by atoms with van der Waals surface area (Å²) in [6, 6.07) is 7.70. The first-order valence-electron chi connectivity index (χ1n) is 6.60. The van der Waals surface area contributed by atoms with Crippen LogP contribution in [0.25, 0.3) is 0 Å². The first kappa shape index (κ1) is 14.2. The molecule has 1 heterocycles. The Morgan fingerprint density at radius 2 is 1.85 bits per heavy atom. The van der Waals surface area contributed by atoms with E-state index in [2.05, 4.69) is 36.1 Å². The van der Waals surface area contributed by atoms with Crippen molar-refractivity contribution < 1.29 is 4.79 Å². The van der Waals surface area contributed by atoms with Gasteiger partial charge in [0.25, 0.3) is 5.91 Å². The maximum absolute atomic E-state index is 12.0. The molecule has 0 spiro atoms. The molecule has 0 fully saturated rings.